The van der Waals surface area contributed by atoms with Crippen LogP contribution in [0.2, 0.25) is 0 Å². The maximum absolute atomic E-state index is 12.2. The van der Waals surface area contributed by atoms with E-state index in [1.165, 1.54) is 12.1 Å². The van der Waals surface area contributed by atoms with Crippen LogP contribution in [0.3, 0.4) is 0 Å². The van der Waals surface area contributed by atoms with Crippen molar-refractivity contribution in [3.8, 4) is 0 Å². The Morgan fingerprint density at radius 2 is 1.88 bits per heavy atom. The molecule has 134 valence electrons. The molecule has 0 atom stereocenters. The van der Waals surface area contributed by atoms with Gasteiger partial charge in [0.05, 0.1) is 11.3 Å². The van der Waals surface area contributed by atoms with E-state index in [0.717, 1.165) is 0 Å². The van der Waals surface area contributed by atoms with Gasteiger partial charge in [0.1, 0.15) is 5.52 Å². The van der Waals surface area contributed by atoms with Gasteiger partial charge in [0, 0.05) is 23.2 Å². The van der Waals surface area contributed by atoms with Crippen molar-refractivity contribution in [3.63, 3.8) is 0 Å². The standard InChI is InChI=1S/C19H19N3O4/c1-19(2,3)18-21-15-11-13(6-9-16(15)26-18)20-17(23)10-12-4-7-14(8-5-12)22(24)25/h4-9,11H,10H2,1-3H3,(H,20,23). The van der Waals surface area contributed by atoms with E-state index in [9.17, 15) is 14.9 Å². The van der Waals surface area contributed by atoms with Gasteiger partial charge in [-0.05, 0) is 23.8 Å². The molecule has 3 rings (SSSR count). The predicted octanol–water partition coefficient (Wildman–Crippen LogP) is 4.21. The van der Waals surface area contributed by atoms with Crippen LogP contribution >= 0.6 is 0 Å². The fraction of sp³-hybridized carbons (Fsp3) is 0.263. The van der Waals surface area contributed by atoms with Gasteiger partial charge in [0.25, 0.3) is 5.69 Å². The van der Waals surface area contributed by atoms with Crippen LogP contribution in [-0.4, -0.2) is 15.8 Å². The van der Waals surface area contributed by atoms with Crippen molar-refractivity contribution < 1.29 is 14.1 Å². The zero-order valence-electron chi connectivity index (χ0n) is 14.8. The number of amides is 1. The van der Waals surface area contributed by atoms with Gasteiger partial charge < -0.3 is 9.73 Å². The SMILES string of the molecule is CC(C)(C)c1nc2cc(NC(=O)Cc3ccc([N+](=O)[O-])cc3)ccc2o1. The highest BCUT2D eigenvalue weighted by atomic mass is 16.6. The van der Waals surface area contributed by atoms with Crippen molar-refractivity contribution in [2.45, 2.75) is 32.6 Å². The number of nitro groups is 1. The number of fused-ring (bicyclic) bond motifs is 1. The van der Waals surface area contributed by atoms with E-state index in [1.54, 1.807) is 30.3 Å². The molecular weight excluding hydrogens is 334 g/mol. The van der Waals surface area contributed by atoms with Crippen molar-refractivity contribution in [3.05, 3.63) is 64.0 Å². The molecule has 0 saturated carbocycles. The molecule has 0 aliphatic rings. The Balaban J connectivity index is 1.71. The first-order valence-electron chi connectivity index (χ1n) is 8.16. The number of non-ortho nitro benzene ring substituents is 1. The third-order valence-electron chi connectivity index (χ3n) is 3.82. The average Bonchev–Trinajstić information content (AvgIpc) is 2.99. The smallest absolute Gasteiger partial charge is 0.269 e. The highest BCUT2D eigenvalue weighted by molar-refractivity contribution is 5.94. The van der Waals surface area contributed by atoms with Gasteiger partial charge in [0.2, 0.25) is 11.8 Å². The zero-order chi connectivity index (χ0) is 18.9. The first-order chi connectivity index (χ1) is 12.2. The topological polar surface area (TPSA) is 98.3 Å². The quantitative estimate of drug-likeness (QED) is 0.559. The van der Waals surface area contributed by atoms with Gasteiger partial charge in [-0.1, -0.05) is 32.9 Å². The second-order valence-electron chi connectivity index (χ2n) is 7.10. The number of aromatic nitrogens is 1. The summed E-state index contributed by atoms with van der Waals surface area (Å²) in [5.41, 5.74) is 2.48. The van der Waals surface area contributed by atoms with Gasteiger partial charge >= 0.3 is 0 Å². The van der Waals surface area contributed by atoms with Crippen LogP contribution in [0.5, 0.6) is 0 Å². The predicted molar refractivity (Wildman–Crippen MR) is 98.1 cm³/mol. The van der Waals surface area contributed by atoms with Gasteiger partial charge in [0.15, 0.2) is 5.58 Å². The lowest BCUT2D eigenvalue weighted by Crippen LogP contribution is -2.14. The molecule has 7 nitrogen and oxygen atoms in total. The summed E-state index contributed by atoms with van der Waals surface area (Å²) >= 11 is 0. The number of hydrogen-bond acceptors (Lipinski definition) is 5. The lowest BCUT2D eigenvalue weighted by atomic mass is 9.97. The Morgan fingerprint density at radius 3 is 2.50 bits per heavy atom. The Morgan fingerprint density at radius 1 is 1.19 bits per heavy atom. The zero-order valence-corrected chi connectivity index (χ0v) is 14.8. The molecule has 0 bridgehead atoms. The van der Waals surface area contributed by atoms with Crippen LogP contribution in [0, 0.1) is 10.1 Å². The molecule has 1 heterocycles. The van der Waals surface area contributed by atoms with E-state index in [-0.39, 0.29) is 23.4 Å². The van der Waals surface area contributed by atoms with E-state index < -0.39 is 4.92 Å². The highest BCUT2D eigenvalue weighted by Gasteiger charge is 2.21. The Hall–Kier alpha value is -3.22. The van der Waals surface area contributed by atoms with Crippen molar-refractivity contribution in [1.82, 2.24) is 4.98 Å². The maximum Gasteiger partial charge on any atom is 0.269 e. The summed E-state index contributed by atoms with van der Waals surface area (Å²) < 4.78 is 5.74. The van der Waals surface area contributed by atoms with Crippen molar-refractivity contribution in [2.75, 3.05) is 5.32 Å². The third kappa shape index (κ3) is 3.88. The number of carbonyl (C=O) groups excluding carboxylic acids is 1. The number of nitro benzene ring substituents is 1. The monoisotopic (exact) mass is 353 g/mol. The summed E-state index contributed by atoms with van der Waals surface area (Å²) in [5, 5.41) is 13.5. The minimum Gasteiger partial charge on any atom is -0.440 e. The largest absolute Gasteiger partial charge is 0.440 e. The summed E-state index contributed by atoms with van der Waals surface area (Å²) in [6, 6.07) is 11.2. The summed E-state index contributed by atoms with van der Waals surface area (Å²) in [5.74, 6) is 0.430. The van der Waals surface area contributed by atoms with Crippen LogP contribution in [0.25, 0.3) is 11.1 Å². The Kier molecular flexibility index (Phi) is 4.46. The number of anilines is 1. The van der Waals surface area contributed by atoms with Crippen molar-refractivity contribution in [2.24, 2.45) is 0 Å². The van der Waals surface area contributed by atoms with Gasteiger partial charge in [-0.2, -0.15) is 0 Å². The number of nitrogens with zero attached hydrogens (tertiary/aromatic N) is 2. The average molecular weight is 353 g/mol. The molecule has 0 radical (unpaired) electrons. The molecule has 26 heavy (non-hydrogen) atoms. The Bertz CT molecular complexity index is 969. The van der Waals surface area contributed by atoms with Gasteiger partial charge in [-0.25, -0.2) is 4.98 Å². The van der Waals surface area contributed by atoms with E-state index >= 15 is 0 Å². The minimum absolute atomic E-state index is 0.000273. The molecule has 0 aliphatic carbocycles. The molecular formula is C19H19N3O4. The lowest BCUT2D eigenvalue weighted by molar-refractivity contribution is -0.384. The molecule has 0 spiro atoms. The lowest BCUT2D eigenvalue weighted by Gasteiger charge is -2.11. The molecule has 2 aromatic carbocycles. The van der Waals surface area contributed by atoms with Crippen LogP contribution in [0.15, 0.2) is 46.9 Å². The van der Waals surface area contributed by atoms with Gasteiger partial charge in [-0.3, -0.25) is 14.9 Å². The summed E-state index contributed by atoms with van der Waals surface area (Å²) in [6.07, 6.45) is 0.127. The summed E-state index contributed by atoms with van der Waals surface area (Å²) in [6.45, 7) is 6.06. The summed E-state index contributed by atoms with van der Waals surface area (Å²) in [4.78, 5) is 26.9. The van der Waals surface area contributed by atoms with Crippen LogP contribution in [0.4, 0.5) is 11.4 Å². The molecule has 0 saturated heterocycles. The number of benzene rings is 2. The molecule has 0 unspecified atom stereocenters. The number of rotatable bonds is 4. The van der Waals surface area contributed by atoms with Crippen LogP contribution < -0.4 is 5.32 Å². The summed E-state index contributed by atoms with van der Waals surface area (Å²) in [7, 11) is 0. The Labute approximate surface area is 150 Å². The first kappa shape index (κ1) is 17.6. The molecule has 1 aromatic heterocycles. The van der Waals surface area contributed by atoms with Crippen LogP contribution in [0.1, 0.15) is 32.2 Å². The molecule has 1 amide bonds. The normalized spacial score (nSPS) is 11.5. The third-order valence-corrected chi connectivity index (χ3v) is 3.82. The van der Waals surface area contributed by atoms with E-state index in [4.69, 9.17) is 4.42 Å². The highest BCUT2D eigenvalue weighted by Crippen LogP contribution is 2.27. The number of carbonyl (C=O) groups is 1. The molecule has 1 N–H and O–H groups in total. The molecule has 3 aromatic rings. The molecule has 0 aliphatic heterocycles. The van der Waals surface area contributed by atoms with E-state index in [0.29, 0.717) is 28.2 Å². The second kappa shape index (κ2) is 6.59. The molecule has 7 heteroatoms. The number of oxazole rings is 1. The fourth-order valence-corrected chi connectivity index (χ4v) is 2.45. The first-order valence-corrected chi connectivity index (χ1v) is 8.16. The van der Waals surface area contributed by atoms with Gasteiger partial charge in [-0.15, -0.1) is 0 Å². The van der Waals surface area contributed by atoms with E-state index in [2.05, 4.69) is 10.3 Å². The number of hydrogen-bond donors (Lipinski definition) is 1. The molecule has 0 fully saturated rings. The van der Waals surface area contributed by atoms with Crippen molar-refractivity contribution >= 4 is 28.4 Å². The van der Waals surface area contributed by atoms with E-state index in [1.807, 2.05) is 20.8 Å². The fourth-order valence-electron chi connectivity index (χ4n) is 2.45. The number of nitrogens with one attached hydrogen (secondary N) is 1. The minimum atomic E-state index is -0.469. The second-order valence-corrected chi connectivity index (χ2v) is 7.10. The van der Waals surface area contributed by atoms with Crippen LogP contribution in [-0.2, 0) is 16.6 Å². The maximum atomic E-state index is 12.2. The van der Waals surface area contributed by atoms with Crippen molar-refractivity contribution in [1.29, 1.82) is 0 Å².